The zero-order valence-corrected chi connectivity index (χ0v) is 19.6. The van der Waals surface area contributed by atoms with Gasteiger partial charge in [0.05, 0.1) is 0 Å². The molecule has 0 aromatic heterocycles. The Labute approximate surface area is 162 Å². The Morgan fingerprint density at radius 3 is 1.27 bits per heavy atom. The van der Waals surface area contributed by atoms with Crippen LogP contribution < -0.4 is 29.6 Å². The fourth-order valence-electron chi connectivity index (χ4n) is 2.95. The molecule has 4 heteroatoms. The quantitative estimate of drug-likeness (QED) is 0.528. The topological polar surface area (TPSA) is 14.1 Å². The van der Waals surface area contributed by atoms with Gasteiger partial charge in [-0.1, -0.05) is 101 Å². The zero-order chi connectivity index (χ0) is 15.2. The van der Waals surface area contributed by atoms with Gasteiger partial charge < -0.3 is 4.65 Å². The van der Waals surface area contributed by atoms with E-state index in [0.717, 1.165) is 0 Å². The Balaban J connectivity index is 0.00000242. The molecule has 0 N–H and O–H groups in total. The van der Waals surface area contributed by atoms with Crippen molar-refractivity contribution in [2.45, 2.75) is 39.8 Å². The first-order chi connectivity index (χ1) is 10.0. The maximum atomic E-state index is 4.96. The van der Waals surface area contributed by atoms with Crippen molar-refractivity contribution in [2.75, 3.05) is 0 Å². The van der Waals surface area contributed by atoms with Gasteiger partial charge in [-0.2, -0.15) is 0 Å². The van der Waals surface area contributed by atoms with Crippen LogP contribution in [0.3, 0.4) is 0 Å². The summed E-state index contributed by atoms with van der Waals surface area (Å²) in [5, 5.41) is 0. The molecule has 0 bridgehead atoms. The van der Waals surface area contributed by atoms with E-state index in [1.807, 2.05) is 0 Å². The molecular weight excluding hydrogens is 309 g/mol. The second-order valence-corrected chi connectivity index (χ2v) is 9.85. The molecule has 2 aromatic carbocycles. The van der Waals surface area contributed by atoms with Crippen molar-refractivity contribution < 1.29 is 29.6 Å². The van der Waals surface area contributed by atoms with Gasteiger partial charge in [0.2, 0.25) is 0 Å². The van der Waals surface area contributed by atoms with Crippen molar-refractivity contribution >= 4 is 19.4 Å². The fourth-order valence-corrected chi connectivity index (χ4v) is 6.21. The smallest absolute Gasteiger partial charge is 0.676 e. The van der Waals surface area contributed by atoms with Crippen molar-refractivity contribution in [1.29, 1.82) is 0 Å². The Bertz CT molecular complexity index is 520. The van der Waals surface area contributed by atoms with Crippen LogP contribution in [-0.2, 0) is 12.1 Å². The zero-order valence-electron chi connectivity index (χ0n) is 14.7. The number of aryl methyl sites for hydroxylation is 4. The summed E-state index contributed by atoms with van der Waals surface area (Å²) in [6.45, 7) is 8.74. The van der Waals surface area contributed by atoms with Crippen LogP contribution >= 0.6 is 0 Å². The van der Waals surface area contributed by atoms with E-state index in [1.165, 1.54) is 45.5 Å². The predicted octanol–water partition coefficient (Wildman–Crippen LogP) is 0.166. The van der Waals surface area contributed by atoms with E-state index in [0.29, 0.717) is 0 Å². The van der Waals surface area contributed by atoms with E-state index >= 15 is 0 Å². The van der Waals surface area contributed by atoms with Crippen molar-refractivity contribution in [2.24, 2.45) is 0 Å². The molecule has 0 saturated carbocycles. The molecule has 22 heavy (non-hydrogen) atoms. The molecule has 2 aromatic rings. The van der Waals surface area contributed by atoms with Crippen molar-refractivity contribution in [3.05, 3.63) is 74.4 Å². The van der Waals surface area contributed by atoms with Crippen LogP contribution in [0.15, 0.2) is 36.4 Å². The Morgan fingerprint density at radius 1 is 0.636 bits per heavy atom. The van der Waals surface area contributed by atoms with Crippen LogP contribution in [0.1, 0.15) is 33.4 Å². The molecule has 0 fully saturated rings. The molecule has 0 aliphatic rings. The second-order valence-electron chi connectivity index (χ2n) is 6.16. The normalized spacial score (nSPS) is 11.5. The summed E-state index contributed by atoms with van der Waals surface area (Å²) >= 11 is 0. The first-order valence-electron chi connectivity index (χ1n) is 7.80. The molecule has 112 valence electrons. The van der Waals surface area contributed by atoms with Gasteiger partial charge in [-0.25, -0.2) is 0 Å². The van der Waals surface area contributed by atoms with Crippen LogP contribution in [-0.4, -0.2) is 19.4 Å². The molecule has 0 unspecified atom stereocenters. The minimum Gasteiger partial charge on any atom is -0.676 e. The van der Waals surface area contributed by atoms with Crippen LogP contribution in [0.5, 0.6) is 0 Å². The number of nitrogens with zero attached hydrogens (tertiary/aromatic N) is 1. The first kappa shape index (κ1) is 19.9. The molecule has 0 aliphatic heterocycles. The van der Waals surface area contributed by atoms with Crippen molar-refractivity contribution in [3.63, 3.8) is 0 Å². The van der Waals surface area contributed by atoms with E-state index < -0.39 is 0 Å². The van der Waals surface area contributed by atoms with E-state index in [9.17, 15) is 0 Å². The predicted molar refractivity (Wildman–Crippen MR) is 99.7 cm³/mol. The minimum atomic E-state index is -0.267. The fraction of sp³-hybridized carbons (Fsp3) is 0.333. The van der Waals surface area contributed by atoms with E-state index in [4.69, 9.17) is 4.65 Å². The molecule has 0 amide bonds. The van der Waals surface area contributed by atoms with Gasteiger partial charge in [-0.3, -0.25) is 0 Å². The summed E-state index contributed by atoms with van der Waals surface area (Å²) in [5.74, 6) is 0. The number of hydrogen-bond donors (Lipinski definition) is 0. The van der Waals surface area contributed by atoms with E-state index in [-0.39, 0.29) is 48.9 Å². The van der Waals surface area contributed by atoms with Gasteiger partial charge in [0.25, 0.3) is 0 Å². The second kappa shape index (κ2) is 9.86. The van der Waals surface area contributed by atoms with Crippen LogP contribution in [0.4, 0.5) is 0 Å². The van der Waals surface area contributed by atoms with Gasteiger partial charge >= 0.3 is 29.6 Å². The van der Waals surface area contributed by atoms with Crippen molar-refractivity contribution in [1.82, 2.24) is 0 Å². The number of hydrogen-bond acceptors (Lipinski definition) is 0. The summed E-state index contributed by atoms with van der Waals surface area (Å²) in [7, 11) is -0.535. The van der Waals surface area contributed by atoms with Crippen molar-refractivity contribution in [3.8, 4) is 0 Å². The monoisotopic (exact) mass is 335 g/mol. The molecular formula is C18H26NNaSi2. The summed E-state index contributed by atoms with van der Waals surface area (Å²) < 4.78 is 4.96. The van der Waals surface area contributed by atoms with Gasteiger partial charge in [-0.15, -0.1) is 0 Å². The summed E-state index contributed by atoms with van der Waals surface area (Å²) in [5.41, 5.74) is 8.50. The standard InChI is InChI=1S/C18H26NSi2.Na/c1-13-5-14(2)8-17(7-13)11-20-19-21-12-18-9-15(3)6-16(4)10-18;/h5-10H,11-12,20-21H2,1-4H3;/q-1;+1. The van der Waals surface area contributed by atoms with Gasteiger partial charge in [0.15, 0.2) is 0 Å². The average Bonchev–Trinajstić information content (AvgIpc) is 2.36. The largest absolute Gasteiger partial charge is 1.00 e. The average molecular weight is 336 g/mol. The maximum absolute atomic E-state index is 4.96. The molecule has 0 aliphatic carbocycles. The van der Waals surface area contributed by atoms with Crippen LogP contribution in [0.25, 0.3) is 4.65 Å². The van der Waals surface area contributed by atoms with Crippen LogP contribution in [0.2, 0.25) is 0 Å². The van der Waals surface area contributed by atoms with Gasteiger partial charge in [0.1, 0.15) is 0 Å². The molecule has 0 heterocycles. The maximum Gasteiger partial charge on any atom is 1.00 e. The van der Waals surface area contributed by atoms with Gasteiger partial charge in [0, 0.05) is 0 Å². The van der Waals surface area contributed by atoms with E-state index in [2.05, 4.69) is 64.1 Å². The summed E-state index contributed by atoms with van der Waals surface area (Å²) in [6, 6.07) is 16.2. The Hall–Kier alpha value is -0.166. The number of benzene rings is 2. The third-order valence-corrected chi connectivity index (χ3v) is 7.81. The molecule has 0 saturated heterocycles. The van der Waals surface area contributed by atoms with E-state index in [1.54, 1.807) is 0 Å². The summed E-state index contributed by atoms with van der Waals surface area (Å²) in [4.78, 5) is 0. The van der Waals surface area contributed by atoms with Gasteiger partial charge in [-0.05, 0) is 27.7 Å². The number of rotatable bonds is 6. The molecule has 2 rings (SSSR count). The van der Waals surface area contributed by atoms with Crippen LogP contribution in [0, 0.1) is 27.7 Å². The molecule has 1 nitrogen and oxygen atoms in total. The molecule has 0 radical (unpaired) electrons. The SMILES string of the molecule is Cc1cc(C)cc(C[SiH2][N-][SiH2]Cc2cc(C)cc(C)c2)c1.[Na+]. The molecule has 0 spiro atoms. The Kier molecular flexibility index (Phi) is 8.91. The first-order valence-corrected chi connectivity index (χ1v) is 11.1. The Morgan fingerprint density at radius 2 is 0.955 bits per heavy atom. The third kappa shape index (κ3) is 6.94. The third-order valence-electron chi connectivity index (χ3n) is 3.68. The minimum absolute atomic E-state index is 0. The summed E-state index contributed by atoms with van der Waals surface area (Å²) in [6.07, 6.45) is 0. The molecule has 0 atom stereocenters.